The number of alkyl halides is 3. The minimum Gasteiger partial charge on any atom is -0.494 e. The van der Waals surface area contributed by atoms with Crippen molar-refractivity contribution in [2.45, 2.75) is 13.1 Å². The summed E-state index contributed by atoms with van der Waals surface area (Å²) in [7, 11) is 0. The van der Waals surface area contributed by atoms with E-state index in [0.717, 1.165) is 12.1 Å². The molecule has 0 bridgehead atoms. The summed E-state index contributed by atoms with van der Waals surface area (Å²) >= 11 is 0.687. The quantitative estimate of drug-likeness (QED) is 0.263. The van der Waals surface area contributed by atoms with Gasteiger partial charge in [-0.2, -0.15) is 18.4 Å². The fraction of sp³-hybridized carbons (Fsp3) is 0.200. The topological polar surface area (TPSA) is 59.3 Å². The molecule has 0 aliphatic carbocycles. The van der Waals surface area contributed by atoms with Crippen molar-refractivity contribution in [2.24, 2.45) is 0 Å². The lowest BCUT2D eigenvalue weighted by Crippen LogP contribution is -2.11. The molecule has 4 nitrogen and oxygen atoms in total. The van der Waals surface area contributed by atoms with Crippen LogP contribution in [0.2, 0.25) is 0 Å². The minimum atomic E-state index is -4.69. The number of benzene rings is 2. The van der Waals surface area contributed by atoms with Crippen LogP contribution < -0.4 is 4.74 Å². The van der Waals surface area contributed by atoms with Crippen LogP contribution in [-0.4, -0.2) is 18.2 Å². The van der Waals surface area contributed by atoms with Crippen LogP contribution in [0.1, 0.15) is 23.6 Å². The third-order valence-electron chi connectivity index (χ3n) is 3.62. The number of carbonyl (C=O) groups excluding carboxylic acids is 1. The molecule has 2 rings (SSSR count). The van der Waals surface area contributed by atoms with Crippen LogP contribution in [0.5, 0.6) is 5.75 Å². The van der Waals surface area contributed by atoms with Gasteiger partial charge in [-0.05, 0) is 60.8 Å². The van der Waals surface area contributed by atoms with Gasteiger partial charge in [0.2, 0.25) is 0 Å². The standard InChI is InChI=1S/C20H16F3NO3S/c1-3-26-14-10-8-13(9-11-14)16(12-24)18(27-19(25)28-2)15-6-4-5-7-17(15)20(21,22)23/h4-11H,3H2,1-2H3. The normalized spacial score (nSPS) is 12.0. The zero-order chi connectivity index (χ0) is 20.7. The molecule has 0 N–H and O–H groups in total. The van der Waals surface area contributed by atoms with E-state index in [1.165, 1.54) is 30.5 Å². The first-order valence-electron chi connectivity index (χ1n) is 8.11. The first-order valence-corrected chi connectivity index (χ1v) is 9.34. The van der Waals surface area contributed by atoms with Gasteiger partial charge in [-0.15, -0.1) is 0 Å². The van der Waals surface area contributed by atoms with E-state index in [2.05, 4.69) is 0 Å². The summed E-state index contributed by atoms with van der Waals surface area (Å²) < 4.78 is 50.9. The number of thioether (sulfide) groups is 1. The third kappa shape index (κ3) is 5.08. The van der Waals surface area contributed by atoms with Crippen LogP contribution >= 0.6 is 11.8 Å². The summed E-state index contributed by atoms with van der Waals surface area (Å²) in [6, 6.07) is 12.7. The van der Waals surface area contributed by atoms with Crippen molar-refractivity contribution in [3.05, 3.63) is 65.2 Å². The van der Waals surface area contributed by atoms with Gasteiger partial charge < -0.3 is 9.47 Å². The number of carbonyl (C=O) groups is 1. The molecule has 0 spiro atoms. The van der Waals surface area contributed by atoms with Crippen molar-refractivity contribution in [1.29, 1.82) is 5.26 Å². The number of allylic oxidation sites excluding steroid dienone is 1. The second-order valence-electron chi connectivity index (χ2n) is 5.37. The van der Waals surface area contributed by atoms with Crippen molar-refractivity contribution in [3.8, 4) is 11.8 Å². The molecule has 28 heavy (non-hydrogen) atoms. The molecule has 0 aromatic heterocycles. The Bertz CT molecular complexity index is 916. The Morgan fingerprint density at radius 2 is 1.79 bits per heavy atom. The highest BCUT2D eigenvalue weighted by molar-refractivity contribution is 8.12. The molecule has 2 aromatic carbocycles. The lowest BCUT2D eigenvalue weighted by Gasteiger charge is -2.16. The molecule has 0 saturated carbocycles. The number of ether oxygens (including phenoxy) is 2. The van der Waals surface area contributed by atoms with Crippen molar-refractivity contribution in [1.82, 2.24) is 0 Å². The monoisotopic (exact) mass is 407 g/mol. The molecule has 0 saturated heterocycles. The maximum Gasteiger partial charge on any atom is 0.417 e. The van der Waals surface area contributed by atoms with Crippen LogP contribution in [0.4, 0.5) is 18.0 Å². The van der Waals surface area contributed by atoms with Crippen LogP contribution in [0, 0.1) is 11.3 Å². The summed E-state index contributed by atoms with van der Waals surface area (Å²) in [4.78, 5) is 11.8. The summed E-state index contributed by atoms with van der Waals surface area (Å²) in [5, 5.41) is 8.82. The lowest BCUT2D eigenvalue weighted by atomic mass is 9.98. The molecule has 8 heteroatoms. The van der Waals surface area contributed by atoms with Gasteiger partial charge in [0.25, 0.3) is 0 Å². The molecule has 0 amide bonds. The smallest absolute Gasteiger partial charge is 0.417 e. The number of halogens is 3. The molecule has 0 radical (unpaired) electrons. The largest absolute Gasteiger partial charge is 0.494 e. The van der Waals surface area contributed by atoms with E-state index >= 15 is 0 Å². The predicted octanol–water partition coefficient (Wildman–Crippen LogP) is 6.00. The van der Waals surface area contributed by atoms with Gasteiger partial charge in [0.05, 0.1) is 12.2 Å². The van der Waals surface area contributed by atoms with Crippen molar-refractivity contribution in [3.63, 3.8) is 0 Å². The molecule has 0 fully saturated rings. The van der Waals surface area contributed by atoms with Crippen molar-refractivity contribution < 1.29 is 27.4 Å². The molecular weight excluding hydrogens is 391 g/mol. The van der Waals surface area contributed by atoms with Crippen molar-refractivity contribution in [2.75, 3.05) is 12.9 Å². The summed E-state index contributed by atoms with van der Waals surface area (Å²) in [6.45, 7) is 2.25. The SMILES string of the molecule is CCOc1ccc(C(C#N)=C(OC(=O)SC)c2ccccc2C(F)(F)F)cc1. The van der Waals surface area contributed by atoms with E-state index < -0.39 is 22.8 Å². The number of nitriles is 1. The Kier molecular flexibility index (Phi) is 7.12. The first-order chi connectivity index (χ1) is 13.3. The summed E-state index contributed by atoms with van der Waals surface area (Å²) in [5.41, 5.74) is -1.28. The highest BCUT2D eigenvalue weighted by Crippen LogP contribution is 2.38. The molecule has 0 heterocycles. The Labute approximate surface area is 164 Å². The Balaban J connectivity index is 2.71. The fourth-order valence-electron chi connectivity index (χ4n) is 2.42. The first kappa shape index (κ1) is 21.4. The van der Waals surface area contributed by atoms with E-state index in [1.807, 2.05) is 13.0 Å². The summed E-state index contributed by atoms with van der Waals surface area (Å²) in [5.74, 6) is 0.0980. The predicted molar refractivity (Wildman–Crippen MR) is 101 cm³/mol. The van der Waals surface area contributed by atoms with Gasteiger partial charge in [0.1, 0.15) is 17.4 Å². The minimum absolute atomic E-state index is 0.192. The van der Waals surface area contributed by atoms with Gasteiger partial charge in [0.15, 0.2) is 5.76 Å². The maximum absolute atomic E-state index is 13.5. The maximum atomic E-state index is 13.5. The summed E-state index contributed by atoms with van der Waals surface area (Å²) in [6.07, 6.45) is -3.26. The number of nitrogens with zero attached hydrogens (tertiary/aromatic N) is 1. The van der Waals surface area contributed by atoms with E-state index in [9.17, 15) is 23.2 Å². The van der Waals surface area contributed by atoms with Crippen LogP contribution in [0.25, 0.3) is 11.3 Å². The zero-order valence-corrected chi connectivity index (χ0v) is 15.9. The Morgan fingerprint density at radius 3 is 2.32 bits per heavy atom. The highest BCUT2D eigenvalue weighted by Gasteiger charge is 2.35. The van der Waals surface area contributed by atoms with Gasteiger partial charge in [-0.3, -0.25) is 0 Å². The molecule has 146 valence electrons. The lowest BCUT2D eigenvalue weighted by molar-refractivity contribution is -0.137. The van der Waals surface area contributed by atoms with Crippen molar-refractivity contribution >= 4 is 28.4 Å². The highest BCUT2D eigenvalue weighted by atomic mass is 32.2. The molecule has 2 aromatic rings. The number of rotatable bonds is 5. The zero-order valence-electron chi connectivity index (χ0n) is 15.0. The third-order valence-corrected chi connectivity index (χ3v) is 4.04. The van der Waals surface area contributed by atoms with Crippen LogP contribution in [0.3, 0.4) is 0 Å². The average molecular weight is 407 g/mol. The van der Waals surface area contributed by atoms with E-state index in [4.69, 9.17) is 9.47 Å². The molecule has 0 atom stereocenters. The van der Waals surface area contributed by atoms with Gasteiger partial charge >= 0.3 is 11.5 Å². The van der Waals surface area contributed by atoms with E-state index in [-0.39, 0.29) is 11.1 Å². The van der Waals surface area contributed by atoms with Gasteiger partial charge in [-0.1, -0.05) is 18.2 Å². The van der Waals surface area contributed by atoms with Crippen LogP contribution in [-0.2, 0) is 10.9 Å². The van der Waals surface area contributed by atoms with E-state index in [0.29, 0.717) is 29.7 Å². The molecule has 0 aliphatic rings. The Morgan fingerprint density at radius 1 is 1.14 bits per heavy atom. The molecule has 0 aliphatic heterocycles. The number of hydrogen-bond acceptors (Lipinski definition) is 5. The van der Waals surface area contributed by atoms with Gasteiger partial charge in [-0.25, -0.2) is 4.79 Å². The second-order valence-corrected chi connectivity index (χ2v) is 6.11. The molecular formula is C20H16F3NO3S. The average Bonchev–Trinajstić information content (AvgIpc) is 2.68. The number of hydrogen-bond donors (Lipinski definition) is 0. The fourth-order valence-corrected chi connectivity index (χ4v) is 2.59. The Hall–Kier alpha value is -2.92. The molecule has 0 unspecified atom stereocenters. The second kappa shape index (κ2) is 9.33. The van der Waals surface area contributed by atoms with E-state index in [1.54, 1.807) is 12.1 Å². The van der Waals surface area contributed by atoms with Gasteiger partial charge in [0, 0.05) is 5.56 Å². The van der Waals surface area contributed by atoms with Crippen LogP contribution in [0.15, 0.2) is 48.5 Å².